The van der Waals surface area contributed by atoms with Gasteiger partial charge in [-0.3, -0.25) is 4.79 Å². The molecule has 2 aromatic rings. The monoisotopic (exact) mass is 350 g/mol. The summed E-state index contributed by atoms with van der Waals surface area (Å²) in [6.07, 6.45) is 1.12. The van der Waals surface area contributed by atoms with Crippen molar-refractivity contribution in [1.29, 1.82) is 0 Å². The Morgan fingerprint density at radius 3 is 2.88 bits per heavy atom. The third-order valence-corrected chi connectivity index (χ3v) is 2.82. The Labute approximate surface area is 108 Å². The van der Waals surface area contributed by atoms with Crippen molar-refractivity contribution in [2.24, 2.45) is 0 Å². The first-order valence-electron chi connectivity index (χ1n) is 4.44. The zero-order valence-corrected chi connectivity index (χ0v) is 10.4. The minimum absolute atomic E-state index is 0.0705. The van der Waals surface area contributed by atoms with Crippen molar-refractivity contribution in [3.05, 3.63) is 50.1 Å². The Balaban J connectivity index is 2.41. The second-order valence-corrected chi connectivity index (χ2v) is 4.11. The molecule has 1 aromatic heterocycles. The van der Waals surface area contributed by atoms with Gasteiger partial charge in [-0.1, -0.05) is 0 Å². The summed E-state index contributed by atoms with van der Waals surface area (Å²) in [5, 5.41) is 0. The third-order valence-electron chi connectivity index (χ3n) is 1.86. The number of nitrogens with one attached hydrogen (secondary N) is 1. The normalized spacial score (nSPS) is 10.3. The molecular formula is C10H5F2IN2O2. The molecule has 0 radical (unpaired) electrons. The number of ether oxygens (including phenoxy) is 1. The van der Waals surface area contributed by atoms with Crippen LogP contribution in [0.15, 0.2) is 29.3 Å². The van der Waals surface area contributed by atoms with Crippen molar-refractivity contribution in [2.75, 3.05) is 0 Å². The number of halogens is 3. The summed E-state index contributed by atoms with van der Waals surface area (Å²) in [6.45, 7) is 0. The van der Waals surface area contributed by atoms with Gasteiger partial charge in [-0.15, -0.1) is 0 Å². The van der Waals surface area contributed by atoms with E-state index in [4.69, 9.17) is 4.74 Å². The van der Waals surface area contributed by atoms with E-state index in [0.717, 1.165) is 24.5 Å². The number of benzene rings is 1. The van der Waals surface area contributed by atoms with Crippen LogP contribution in [0.2, 0.25) is 0 Å². The molecule has 7 heteroatoms. The number of H-pyrrole nitrogens is 1. The molecular weight excluding hydrogens is 345 g/mol. The molecule has 1 aromatic carbocycles. The van der Waals surface area contributed by atoms with Gasteiger partial charge < -0.3 is 9.72 Å². The molecule has 0 unspecified atom stereocenters. The van der Waals surface area contributed by atoms with E-state index in [9.17, 15) is 13.6 Å². The van der Waals surface area contributed by atoms with E-state index in [1.807, 2.05) is 0 Å². The summed E-state index contributed by atoms with van der Waals surface area (Å²) < 4.78 is 31.4. The number of nitrogens with zero attached hydrogens (tertiary/aromatic N) is 1. The fraction of sp³-hybridized carbons (Fsp3) is 0. The second kappa shape index (κ2) is 4.78. The van der Waals surface area contributed by atoms with Crippen LogP contribution in [0.25, 0.3) is 0 Å². The maximum absolute atomic E-state index is 13.3. The molecule has 2 rings (SSSR count). The first-order valence-corrected chi connectivity index (χ1v) is 5.52. The zero-order chi connectivity index (χ0) is 12.4. The maximum Gasteiger partial charge on any atom is 0.268 e. The third kappa shape index (κ3) is 2.60. The van der Waals surface area contributed by atoms with Crippen LogP contribution in [0, 0.1) is 15.2 Å². The van der Waals surface area contributed by atoms with E-state index in [-0.39, 0.29) is 15.2 Å². The zero-order valence-electron chi connectivity index (χ0n) is 8.21. The summed E-state index contributed by atoms with van der Waals surface area (Å²) in [6, 6.07) is 2.79. The summed E-state index contributed by atoms with van der Waals surface area (Å²) in [5.41, 5.74) is -0.410. The van der Waals surface area contributed by atoms with E-state index in [0.29, 0.717) is 0 Å². The summed E-state index contributed by atoms with van der Waals surface area (Å²) in [4.78, 5) is 17.3. The van der Waals surface area contributed by atoms with Gasteiger partial charge in [0.15, 0.2) is 11.6 Å². The predicted molar refractivity (Wildman–Crippen MR) is 64.0 cm³/mol. The largest absolute Gasteiger partial charge is 0.434 e. The van der Waals surface area contributed by atoms with E-state index >= 15 is 0 Å². The van der Waals surface area contributed by atoms with Crippen LogP contribution in [0.4, 0.5) is 8.78 Å². The molecule has 0 bridgehead atoms. The SMILES string of the molecule is O=c1[nH]cnc(Oc2cc(F)ccc2F)c1I. The summed E-state index contributed by atoms with van der Waals surface area (Å²) >= 11 is 1.70. The molecule has 0 aliphatic carbocycles. The smallest absolute Gasteiger partial charge is 0.268 e. The predicted octanol–water partition coefficient (Wildman–Crippen LogP) is 2.45. The van der Waals surface area contributed by atoms with Crippen LogP contribution in [-0.2, 0) is 0 Å². The van der Waals surface area contributed by atoms with Gasteiger partial charge in [-0.25, -0.2) is 13.8 Å². The minimum atomic E-state index is -0.732. The van der Waals surface area contributed by atoms with E-state index < -0.39 is 17.2 Å². The van der Waals surface area contributed by atoms with Crippen LogP contribution in [0.5, 0.6) is 11.6 Å². The lowest BCUT2D eigenvalue weighted by Crippen LogP contribution is -2.11. The van der Waals surface area contributed by atoms with Gasteiger partial charge in [-0.05, 0) is 34.7 Å². The number of hydrogen-bond acceptors (Lipinski definition) is 3. The van der Waals surface area contributed by atoms with Crippen LogP contribution in [0.1, 0.15) is 0 Å². The molecule has 0 spiro atoms. The van der Waals surface area contributed by atoms with Crippen molar-refractivity contribution in [2.45, 2.75) is 0 Å². The first-order chi connectivity index (χ1) is 8.08. The summed E-state index contributed by atoms with van der Waals surface area (Å²) in [5.74, 6) is -1.76. The Morgan fingerprint density at radius 1 is 1.35 bits per heavy atom. The first kappa shape index (κ1) is 12.0. The van der Waals surface area contributed by atoms with Crippen molar-refractivity contribution >= 4 is 22.6 Å². The quantitative estimate of drug-likeness (QED) is 0.847. The number of hydrogen-bond donors (Lipinski definition) is 1. The van der Waals surface area contributed by atoms with Crippen molar-refractivity contribution < 1.29 is 13.5 Å². The molecule has 1 N–H and O–H groups in total. The molecule has 0 fully saturated rings. The van der Waals surface area contributed by atoms with Gasteiger partial charge in [0, 0.05) is 6.07 Å². The topological polar surface area (TPSA) is 55.0 Å². The number of rotatable bonds is 2. The molecule has 1 heterocycles. The van der Waals surface area contributed by atoms with E-state index in [1.165, 1.54) is 0 Å². The van der Waals surface area contributed by atoms with Crippen LogP contribution < -0.4 is 10.3 Å². The molecule has 0 saturated carbocycles. The molecule has 0 aliphatic heterocycles. The molecule has 0 atom stereocenters. The highest BCUT2D eigenvalue weighted by Gasteiger charge is 2.11. The van der Waals surface area contributed by atoms with Crippen LogP contribution >= 0.6 is 22.6 Å². The lowest BCUT2D eigenvalue weighted by atomic mass is 10.3. The number of aromatic nitrogens is 2. The lowest BCUT2D eigenvalue weighted by Gasteiger charge is -2.06. The van der Waals surface area contributed by atoms with E-state index in [1.54, 1.807) is 22.6 Å². The molecule has 17 heavy (non-hydrogen) atoms. The van der Waals surface area contributed by atoms with Crippen molar-refractivity contribution in [3.63, 3.8) is 0 Å². The average Bonchev–Trinajstić information content (AvgIpc) is 2.30. The maximum atomic E-state index is 13.3. The van der Waals surface area contributed by atoms with Gasteiger partial charge in [-0.2, -0.15) is 0 Å². The van der Waals surface area contributed by atoms with Gasteiger partial charge in [0.2, 0.25) is 5.88 Å². The van der Waals surface area contributed by atoms with Crippen LogP contribution in [0.3, 0.4) is 0 Å². The highest BCUT2D eigenvalue weighted by molar-refractivity contribution is 14.1. The Hall–Kier alpha value is -1.51. The van der Waals surface area contributed by atoms with Crippen molar-refractivity contribution in [3.8, 4) is 11.6 Å². The Bertz CT molecular complexity index is 615. The van der Waals surface area contributed by atoms with Crippen molar-refractivity contribution in [1.82, 2.24) is 9.97 Å². The average molecular weight is 350 g/mol. The fourth-order valence-corrected chi connectivity index (χ4v) is 1.50. The highest BCUT2D eigenvalue weighted by Crippen LogP contribution is 2.25. The molecule has 0 aliphatic rings. The Kier molecular flexibility index (Phi) is 3.36. The van der Waals surface area contributed by atoms with Gasteiger partial charge in [0.25, 0.3) is 5.56 Å². The fourth-order valence-electron chi connectivity index (χ4n) is 1.10. The molecule has 88 valence electrons. The molecule has 4 nitrogen and oxygen atoms in total. The van der Waals surface area contributed by atoms with Gasteiger partial charge in [0.1, 0.15) is 9.39 Å². The second-order valence-electron chi connectivity index (χ2n) is 3.03. The van der Waals surface area contributed by atoms with Gasteiger partial charge in [0.05, 0.1) is 6.33 Å². The minimum Gasteiger partial charge on any atom is -0.434 e. The number of aromatic amines is 1. The van der Waals surface area contributed by atoms with E-state index in [2.05, 4.69) is 9.97 Å². The lowest BCUT2D eigenvalue weighted by molar-refractivity contribution is 0.418. The highest BCUT2D eigenvalue weighted by atomic mass is 127. The standard InChI is InChI=1S/C10H5F2IN2O2/c11-5-1-2-6(12)7(3-5)17-10-8(13)9(16)14-4-15-10/h1-4H,(H,14,15,16). The van der Waals surface area contributed by atoms with Crippen LogP contribution in [-0.4, -0.2) is 9.97 Å². The summed E-state index contributed by atoms with van der Waals surface area (Å²) in [7, 11) is 0. The molecule has 0 saturated heterocycles. The Morgan fingerprint density at radius 2 is 2.12 bits per heavy atom. The molecule has 0 amide bonds. The van der Waals surface area contributed by atoms with Gasteiger partial charge >= 0.3 is 0 Å².